The maximum Gasteiger partial charge on any atom is 0.0944 e. The highest BCUT2D eigenvalue weighted by molar-refractivity contribution is 8.02. The topological polar surface area (TPSA) is 28.2 Å². The van der Waals surface area contributed by atoms with Gasteiger partial charge >= 0.3 is 0 Å². The van der Waals surface area contributed by atoms with Gasteiger partial charge in [0, 0.05) is 48.8 Å². The van der Waals surface area contributed by atoms with E-state index < -0.39 is 0 Å². The van der Waals surface area contributed by atoms with E-state index in [9.17, 15) is 0 Å². The van der Waals surface area contributed by atoms with E-state index in [2.05, 4.69) is 72.6 Å². The van der Waals surface area contributed by atoms with Crippen LogP contribution in [0.1, 0.15) is 30.5 Å². The Morgan fingerprint density at radius 3 is 2.80 bits per heavy atom. The predicted molar refractivity (Wildman–Crippen MR) is 129 cm³/mol. The van der Waals surface area contributed by atoms with E-state index in [1.165, 1.54) is 32.8 Å². The van der Waals surface area contributed by atoms with Crippen molar-refractivity contribution in [3.63, 3.8) is 0 Å². The maximum absolute atomic E-state index is 4.90. The Morgan fingerprint density at radius 2 is 1.97 bits per heavy atom. The van der Waals surface area contributed by atoms with Crippen LogP contribution >= 0.6 is 11.8 Å². The average Bonchev–Trinajstić information content (AvgIpc) is 2.89. The second-order valence-electron chi connectivity index (χ2n) is 8.61. The van der Waals surface area contributed by atoms with E-state index in [4.69, 9.17) is 4.98 Å². The maximum atomic E-state index is 4.90. The molecule has 30 heavy (non-hydrogen) atoms. The Morgan fingerprint density at radius 1 is 1.13 bits per heavy atom. The monoisotopic (exact) mass is 415 g/mol. The summed E-state index contributed by atoms with van der Waals surface area (Å²) in [6, 6.07) is 17.7. The Kier molecular flexibility index (Phi) is 5.53. The molecular formula is C26H29N3S. The standard InChI is InChI=1S/C26H29N3S/c1-18(2)24-15-22-23(17-30-24)21-10-6-7-11-28-25(21)26(22)29-13-12-27-20(16-29)14-19-8-4-3-5-9-19/h3-11,15,18,20,27H,12-14,16-17H2,1-2H3/t20-/m0/s1. The van der Waals surface area contributed by atoms with Crippen LogP contribution in [0.4, 0.5) is 5.69 Å². The number of rotatable bonds is 4. The molecule has 1 aliphatic carbocycles. The number of fused-ring (bicyclic) bond motifs is 3. The zero-order valence-electron chi connectivity index (χ0n) is 17.8. The molecule has 1 aromatic carbocycles. The van der Waals surface area contributed by atoms with Gasteiger partial charge in [0.1, 0.15) is 0 Å². The van der Waals surface area contributed by atoms with Gasteiger partial charge in [-0.3, -0.25) is 4.98 Å². The highest BCUT2D eigenvalue weighted by Gasteiger charge is 2.31. The summed E-state index contributed by atoms with van der Waals surface area (Å²) in [5.41, 5.74) is 8.08. The summed E-state index contributed by atoms with van der Waals surface area (Å²) in [4.78, 5) is 8.97. The first-order valence-electron chi connectivity index (χ1n) is 11.0. The Balaban J connectivity index is 1.53. The number of hydrogen-bond acceptors (Lipinski definition) is 4. The Labute approximate surface area is 183 Å². The van der Waals surface area contributed by atoms with Gasteiger partial charge in [-0.15, -0.1) is 11.8 Å². The average molecular weight is 416 g/mol. The van der Waals surface area contributed by atoms with Crippen LogP contribution in [0.25, 0.3) is 17.3 Å². The molecule has 3 nitrogen and oxygen atoms in total. The first-order valence-corrected chi connectivity index (χ1v) is 12.0. The molecule has 0 unspecified atom stereocenters. The van der Waals surface area contributed by atoms with Crippen LogP contribution in [0.5, 0.6) is 0 Å². The lowest BCUT2D eigenvalue weighted by Crippen LogP contribution is -2.51. The van der Waals surface area contributed by atoms with Crippen molar-refractivity contribution in [3.8, 4) is 11.3 Å². The molecule has 1 aromatic rings. The molecule has 1 fully saturated rings. The zero-order valence-corrected chi connectivity index (χ0v) is 18.6. The van der Waals surface area contributed by atoms with E-state index in [1.54, 1.807) is 0 Å². The smallest absolute Gasteiger partial charge is 0.0944 e. The van der Waals surface area contributed by atoms with Gasteiger partial charge in [-0.25, -0.2) is 0 Å². The fourth-order valence-corrected chi connectivity index (χ4v) is 5.84. The predicted octanol–water partition coefficient (Wildman–Crippen LogP) is 5.45. The van der Waals surface area contributed by atoms with Crippen molar-refractivity contribution in [3.05, 3.63) is 76.3 Å². The summed E-state index contributed by atoms with van der Waals surface area (Å²) in [6.07, 6.45) is 5.45. The van der Waals surface area contributed by atoms with Crippen molar-refractivity contribution in [1.82, 2.24) is 10.3 Å². The highest BCUT2D eigenvalue weighted by Crippen LogP contribution is 2.49. The molecule has 1 saturated heterocycles. The van der Waals surface area contributed by atoms with Gasteiger partial charge in [0.25, 0.3) is 0 Å². The van der Waals surface area contributed by atoms with Crippen LogP contribution in [0.2, 0.25) is 0 Å². The van der Waals surface area contributed by atoms with E-state index in [1.807, 2.05) is 24.0 Å². The van der Waals surface area contributed by atoms with E-state index in [0.717, 1.165) is 37.5 Å². The molecule has 0 amide bonds. The normalized spacial score (nSPS) is 19.1. The third kappa shape index (κ3) is 3.75. The van der Waals surface area contributed by atoms with Gasteiger partial charge < -0.3 is 10.2 Å². The Hall–Kier alpha value is -2.30. The van der Waals surface area contributed by atoms with Crippen LogP contribution in [0.3, 0.4) is 0 Å². The molecule has 0 saturated carbocycles. The number of thioether (sulfide) groups is 1. The van der Waals surface area contributed by atoms with Gasteiger partial charge in [-0.2, -0.15) is 0 Å². The van der Waals surface area contributed by atoms with Crippen molar-refractivity contribution in [2.24, 2.45) is 5.92 Å². The number of hydrogen-bond donors (Lipinski definition) is 1. The van der Waals surface area contributed by atoms with Crippen LogP contribution in [-0.2, 0) is 12.2 Å². The third-order valence-electron chi connectivity index (χ3n) is 6.18. The number of nitrogens with one attached hydrogen (secondary N) is 1. The molecule has 1 N–H and O–H groups in total. The molecule has 1 atom stereocenters. The molecule has 0 radical (unpaired) electrons. The summed E-state index contributed by atoms with van der Waals surface area (Å²) in [7, 11) is 0. The van der Waals surface area contributed by atoms with Gasteiger partial charge in [0.15, 0.2) is 0 Å². The number of anilines is 1. The molecule has 4 heteroatoms. The zero-order chi connectivity index (χ0) is 20.5. The first kappa shape index (κ1) is 19.7. The minimum Gasteiger partial charge on any atom is -0.366 e. The van der Waals surface area contributed by atoms with E-state index >= 15 is 0 Å². The minimum atomic E-state index is 0.450. The molecule has 154 valence electrons. The van der Waals surface area contributed by atoms with Crippen molar-refractivity contribution in [2.45, 2.75) is 32.1 Å². The lowest BCUT2D eigenvalue weighted by molar-refractivity contribution is 0.455. The van der Waals surface area contributed by atoms with Crippen LogP contribution in [0, 0.1) is 5.92 Å². The summed E-state index contributed by atoms with van der Waals surface area (Å²) in [6.45, 7) is 7.64. The fourth-order valence-electron chi connectivity index (χ4n) is 4.68. The molecule has 4 aliphatic rings. The summed E-state index contributed by atoms with van der Waals surface area (Å²) in [5, 5.41) is 3.74. The number of benzene rings is 1. The highest BCUT2D eigenvalue weighted by atomic mass is 32.2. The lowest BCUT2D eigenvalue weighted by atomic mass is 10.0. The van der Waals surface area contributed by atoms with E-state index in [-0.39, 0.29) is 0 Å². The second-order valence-corrected chi connectivity index (χ2v) is 9.66. The van der Waals surface area contributed by atoms with Crippen molar-refractivity contribution in [2.75, 3.05) is 24.5 Å². The van der Waals surface area contributed by atoms with Crippen molar-refractivity contribution >= 4 is 23.5 Å². The summed E-state index contributed by atoms with van der Waals surface area (Å²) in [5.74, 6) is 1.60. The Bertz CT molecular complexity index is 1030. The molecule has 3 aliphatic heterocycles. The van der Waals surface area contributed by atoms with Gasteiger partial charge in [0.05, 0.1) is 11.4 Å². The summed E-state index contributed by atoms with van der Waals surface area (Å²) < 4.78 is 0. The van der Waals surface area contributed by atoms with Crippen LogP contribution in [0.15, 0.2) is 59.6 Å². The first-order chi connectivity index (χ1) is 14.7. The van der Waals surface area contributed by atoms with Crippen molar-refractivity contribution in [1.29, 1.82) is 0 Å². The number of piperazine rings is 1. The quantitative estimate of drug-likeness (QED) is 0.613. The number of nitrogens with zero attached hydrogens (tertiary/aromatic N) is 2. The molecule has 0 spiro atoms. The van der Waals surface area contributed by atoms with Crippen LogP contribution in [-0.4, -0.2) is 30.7 Å². The summed E-state index contributed by atoms with van der Waals surface area (Å²) >= 11 is 1.99. The third-order valence-corrected chi connectivity index (χ3v) is 7.54. The lowest BCUT2D eigenvalue weighted by Gasteiger charge is -2.36. The molecule has 0 bridgehead atoms. The van der Waals surface area contributed by atoms with Gasteiger partial charge in [0.2, 0.25) is 0 Å². The van der Waals surface area contributed by atoms with Crippen LogP contribution < -0.4 is 10.2 Å². The molecule has 5 rings (SSSR count). The molecule has 3 heterocycles. The minimum absolute atomic E-state index is 0.450. The fraction of sp³-hybridized carbons (Fsp3) is 0.346. The van der Waals surface area contributed by atoms with Gasteiger partial charge in [-0.1, -0.05) is 56.3 Å². The van der Waals surface area contributed by atoms with Crippen molar-refractivity contribution < 1.29 is 0 Å². The number of aromatic nitrogens is 1. The largest absolute Gasteiger partial charge is 0.366 e. The second kappa shape index (κ2) is 8.44. The number of allylic oxidation sites excluding steroid dienone is 1. The SMILES string of the molecule is CC(C)C1=Cc2c(c3ccccnc-3c2N2CCN[C@@H](Cc3ccccc3)C2)CS1. The molecule has 0 aromatic heterocycles. The van der Waals surface area contributed by atoms with E-state index in [0.29, 0.717) is 12.0 Å². The van der Waals surface area contributed by atoms with Gasteiger partial charge in [-0.05, 0) is 40.5 Å². The molecular weight excluding hydrogens is 386 g/mol.